The lowest BCUT2D eigenvalue weighted by Gasteiger charge is -2.34. The SMILES string of the molecule is CC(C)(C)OC(=O)N1C[C@@H](O)C[C@@H](C(=O)O)C1. The third kappa shape index (κ3) is 4.22. The number of carboxylic acid groups (broad SMARTS) is 1. The number of aliphatic hydroxyl groups is 1. The van der Waals surface area contributed by atoms with Crippen molar-refractivity contribution in [2.75, 3.05) is 13.1 Å². The Morgan fingerprint density at radius 3 is 2.35 bits per heavy atom. The van der Waals surface area contributed by atoms with Crippen molar-refractivity contribution in [3.8, 4) is 0 Å². The van der Waals surface area contributed by atoms with Crippen LogP contribution in [0.1, 0.15) is 27.2 Å². The third-order valence-corrected chi connectivity index (χ3v) is 2.43. The highest BCUT2D eigenvalue weighted by atomic mass is 16.6. The highest BCUT2D eigenvalue weighted by molar-refractivity contribution is 5.73. The smallest absolute Gasteiger partial charge is 0.410 e. The van der Waals surface area contributed by atoms with Crippen LogP contribution in [0.15, 0.2) is 0 Å². The molecule has 1 aliphatic heterocycles. The van der Waals surface area contributed by atoms with Gasteiger partial charge in [-0.1, -0.05) is 0 Å². The molecule has 2 N–H and O–H groups in total. The normalized spacial score (nSPS) is 25.5. The number of amides is 1. The minimum atomic E-state index is -1.00. The molecule has 0 aromatic rings. The molecule has 1 heterocycles. The molecule has 1 fully saturated rings. The van der Waals surface area contributed by atoms with Crippen LogP contribution >= 0.6 is 0 Å². The molecule has 2 atom stereocenters. The van der Waals surface area contributed by atoms with E-state index in [4.69, 9.17) is 9.84 Å². The van der Waals surface area contributed by atoms with Crippen LogP contribution in [0.5, 0.6) is 0 Å². The molecule has 0 bridgehead atoms. The molecule has 1 aliphatic rings. The molecule has 6 heteroatoms. The van der Waals surface area contributed by atoms with E-state index in [9.17, 15) is 14.7 Å². The zero-order chi connectivity index (χ0) is 13.2. The van der Waals surface area contributed by atoms with E-state index in [1.165, 1.54) is 4.90 Å². The number of carboxylic acids is 1. The third-order valence-electron chi connectivity index (χ3n) is 2.43. The minimum absolute atomic E-state index is 0.0846. The van der Waals surface area contributed by atoms with Crippen LogP contribution in [0.2, 0.25) is 0 Å². The van der Waals surface area contributed by atoms with Crippen molar-refractivity contribution in [3.63, 3.8) is 0 Å². The summed E-state index contributed by atoms with van der Waals surface area (Å²) in [7, 11) is 0. The standard InChI is InChI=1S/C11H19NO5/c1-11(2,3)17-10(16)12-5-7(9(14)15)4-8(13)6-12/h7-8,13H,4-6H2,1-3H3,(H,14,15)/t7-,8+/m1/s1. The van der Waals surface area contributed by atoms with E-state index < -0.39 is 29.7 Å². The molecule has 17 heavy (non-hydrogen) atoms. The molecular weight excluding hydrogens is 226 g/mol. The van der Waals surface area contributed by atoms with Crippen molar-refractivity contribution >= 4 is 12.1 Å². The summed E-state index contributed by atoms with van der Waals surface area (Å²) < 4.78 is 5.14. The molecule has 0 spiro atoms. The van der Waals surface area contributed by atoms with E-state index in [1.54, 1.807) is 20.8 Å². The number of hydrogen-bond acceptors (Lipinski definition) is 4. The molecule has 0 radical (unpaired) electrons. The summed E-state index contributed by atoms with van der Waals surface area (Å²) >= 11 is 0. The maximum Gasteiger partial charge on any atom is 0.410 e. The van der Waals surface area contributed by atoms with Gasteiger partial charge in [0.15, 0.2) is 0 Å². The number of aliphatic hydroxyl groups excluding tert-OH is 1. The summed E-state index contributed by atoms with van der Waals surface area (Å²) in [6.45, 7) is 5.42. The van der Waals surface area contributed by atoms with Gasteiger partial charge >= 0.3 is 12.1 Å². The summed E-state index contributed by atoms with van der Waals surface area (Å²) in [5, 5.41) is 18.4. The Morgan fingerprint density at radius 1 is 1.29 bits per heavy atom. The summed E-state index contributed by atoms with van der Waals surface area (Å²) in [5.41, 5.74) is -0.627. The minimum Gasteiger partial charge on any atom is -0.481 e. The number of likely N-dealkylation sites (tertiary alicyclic amines) is 1. The topological polar surface area (TPSA) is 87.1 Å². The van der Waals surface area contributed by atoms with E-state index in [0.717, 1.165) is 0 Å². The van der Waals surface area contributed by atoms with Gasteiger partial charge in [0.2, 0.25) is 0 Å². The number of carbonyl (C=O) groups is 2. The Kier molecular flexibility index (Phi) is 3.98. The number of carbonyl (C=O) groups excluding carboxylic acids is 1. The number of aliphatic carboxylic acids is 1. The fourth-order valence-corrected chi connectivity index (χ4v) is 1.73. The molecule has 0 aromatic heterocycles. The van der Waals surface area contributed by atoms with Crippen LogP contribution in [0.25, 0.3) is 0 Å². The van der Waals surface area contributed by atoms with Gasteiger partial charge in [-0.3, -0.25) is 4.79 Å². The molecule has 1 amide bonds. The number of β-amino-alcohol motifs (C(OH)–C–C–N with tert-alkyl or cyclic N) is 1. The Balaban J connectivity index is 2.64. The lowest BCUT2D eigenvalue weighted by molar-refractivity contribution is -0.145. The Morgan fingerprint density at radius 2 is 1.88 bits per heavy atom. The number of hydrogen-bond donors (Lipinski definition) is 2. The lowest BCUT2D eigenvalue weighted by Crippen LogP contribution is -2.49. The van der Waals surface area contributed by atoms with Crippen LogP contribution < -0.4 is 0 Å². The van der Waals surface area contributed by atoms with Crippen LogP contribution in [-0.4, -0.2) is 52.0 Å². The zero-order valence-corrected chi connectivity index (χ0v) is 10.3. The summed E-state index contributed by atoms with van der Waals surface area (Å²) in [4.78, 5) is 23.8. The number of nitrogens with zero attached hydrogens (tertiary/aromatic N) is 1. The Bertz CT molecular complexity index is 309. The van der Waals surface area contributed by atoms with Gasteiger partial charge in [0.05, 0.1) is 12.0 Å². The van der Waals surface area contributed by atoms with Crippen LogP contribution in [0.4, 0.5) is 4.79 Å². The van der Waals surface area contributed by atoms with Gasteiger partial charge < -0.3 is 19.8 Å². The first kappa shape index (κ1) is 13.8. The van der Waals surface area contributed by atoms with Crippen molar-refractivity contribution in [3.05, 3.63) is 0 Å². The fraction of sp³-hybridized carbons (Fsp3) is 0.818. The van der Waals surface area contributed by atoms with Gasteiger partial charge in [0.25, 0.3) is 0 Å². The fourth-order valence-electron chi connectivity index (χ4n) is 1.73. The first-order chi connectivity index (χ1) is 7.69. The molecule has 6 nitrogen and oxygen atoms in total. The van der Waals surface area contributed by atoms with E-state index in [-0.39, 0.29) is 19.5 Å². The summed E-state index contributed by atoms with van der Waals surface area (Å²) in [6.07, 6.45) is -1.21. The summed E-state index contributed by atoms with van der Waals surface area (Å²) in [6, 6.07) is 0. The maximum absolute atomic E-state index is 11.7. The van der Waals surface area contributed by atoms with Gasteiger partial charge in [0, 0.05) is 13.1 Å². The van der Waals surface area contributed by atoms with E-state index in [1.807, 2.05) is 0 Å². The lowest BCUT2D eigenvalue weighted by atomic mass is 9.96. The monoisotopic (exact) mass is 245 g/mol. The molecule has 1 saturated heterocycles. The first-order valence-corrected chi connectivity index (χ1v) is 5.58. The molecule has 98 valence electrons. The Labute approximate surface area is 100 Å². The molecule has 0 unspecified atom stereocenters. The maximum atomic E-state index is 11.7. The average Bonchev–Trinajstić information content (AvgIpc) is 2.13. The number of rotatable bonds is 1. The molecule has 0 aliphatic carbocycles. The second-order valence-electron chi connectivity index (χ2n) is 5.31. The van der Waals surface area contributed by atoms with Crippen LogP contribution in [0.3, 0.4) is 0 Å². The quantitative estimate of drug-likeness (QED) is 0.709. The average molecular weight is 245 g/mol. The van der Waals surface area contributed by atoms with Crippen molar-refractivity contribution in [1.82, 2.24) is 4.90 Å². The van der Waals surface area contributed by atoms with E-state index >= 15 is 0 Å². The zero-order valence-electron chi connectivity index (χ0n) is 10.3. The van der Waals surface area contributed by atoms with E-state index in [0.29, 0.717) is 0 Å². The largest absolute Gasteiger partial charge is 0.481 e. The van der Waals surface area contributed by atoms with Gasteiger partial charge in [-0.2, -0.15) is 0 Å². The van der Waals surface area contributed by atoms with Crippen molar-refractivity contribution in [2.24, 2.45) is 5.92 Å². The second-order valence-corrected chi connectivity index (χ2v) is 5.31. The highest BCUT2D eigenvalue weighted by Gasteiger charge is 2.34. The van der Waals surface area contributed by atoms with Crippen molar-refractivity contribution < 1.29 is 24.5 Å². The first-order valence-electron chi connectivity index (χ1n) is 5.58. The van der Waals surface area contributed by atoms with Gasteiger partial charge in [-0.15, -0.1) is 0 Å². The van der Waals surface area contributed by atoms with Crippen molar-refractivity contribution in [2.45, 2.75) is 38.9 Å². The highest BCUT2D eigenvalue weighted by Crippen LogP contribution is 2.19. The molecule has 0 aromatic carbocycles. The molecular formula is C11H19NO5. The van der Waals surface area contributed by atoms with E-state index in [2.05, 4.69) is 0 Å². The molecule has 0 saturated carbocycles. The van der Waals surface area contributed by atoms with Crippen molar-refractivity contribution in [1.29, 1.82) is 0 Å². The van der Waals surface area contributed by atoms with Gasteiger partial charge in [-0.25, -0.2) is 4.79 Å². The Hall–Kier alpha value is -1.30. The second kappa shape index (κ2) is 4.91. The van der Waals surface area contributed by atoms with Crippen LogP contribution in [-0.2, 0) is 9.53 Å². The summed E-state index contributed by atoms with van der Waals surface area (Å²) in [5.74, 6) is -1.73. The predicted octanol–water partition coefficient (Wildman–Crippen LogP) is 0.689. The number of ether oxygens (including phenoxy) is 1. The molecule has 1 rings (SSSR count). The van der Waals surface area contributed by atoms with Gasteiger partial charge in [0.1, 0.15) is 5.60 Å². The number of piperidine rings is 1. The van der Waals surface area contributed by atoms with Gasteiger partial charge in [-0.05, 0) is 27.2 Å². The van der Waals surface area contributed by atoms with Crippen LogP contribution in [0, 0.1) is 5.92 Å². The predicted molar refractivity (Wildman–Crippen MR) is 59.6 cm³/mol.